The number of rotatable bonds is 10. The lowest BCUT2D eigenvalue weighted by atomic mass is 10.2. The first-order valence-electron chi connectivity index (χ1n) is 11.2. The summed E-state index contributed by atoms with van der Waals surface area (Å²) in [5.74, 6) is -0.278. The van der Waals surface area contributed by atoms with E-state index in [4.69, 9.17) is 4.42 Å². The number of benzene rings is 2. The summed E-state index contributed by atoms with van der Waals surface area (Å²) in [5.41, 5.74) is 3.26. The summed E-state index contributed by atoms with van der Waals surface area (Å²) < 4.78 is 33.8. The molecule has 0 fully saturated rings. The van der Waals surface area contributed by atoms with Gasteiger partial charge in [-0.25, -0.2) is 13.4 Å². The van der Waals surface area contributed by atoms with Gasteiger partial charge in [0, 0.05) is 6.54 Å². The Morgan fingerprint density at radius 2 is 1.80 bits per heavy atom. The minimum atomic E-state index is -3.76. The molecule has 0 bridgehead atoms. The van der Waals surface area contributed by atoms with Gasteiger partial charge in [-0.3, -0.25) is 4.79 Å². The molecule has 180 valence electrons. The number of carbonyl (C=O) groups excluding carboxylic acids is 1. The van der Waals surface area contributed by atoms with E-state index in [1.165, 1.54) is 12.5 Å². The molecular formula is C27H27N3O4S. The molecule has 2 heterocycles. The van der Waals surface area contributed by atoms with E-state index in [0.717, 1.165) is 11.1 Å². The Morgan fingerprint density at radius 1 is 1.06 bits per heavy atom. The zero-order valence-corrected chi connectivity index (χ0v) is 20.3. The quantitative estimate of drug-likeness (QED) is 0.303. The first-order chi connectivity index (χ1) is 16.9. The predicted octanol–water partition coefficient (Wildman–Crippen LogP) is 4.64. The van der Waals surface area contributed by atoms with Crippen molar-refractivity contribution in [3.8, 4) is 0 Å². The van der Waals surface area contributed by atoms with Crippen LogP contribution in [0.1, 0.15) is 32.9 Å². The Bertz CT molecular complexity index is 1390. The summed E-state index contributed by atoms with van der Waals surface area (Å²) in [4.78, 5) is 18.8. The van der Waals surface area contributed by atoms with Crippen molar-refractivity contribution in [3.63, 3.8) is 0 Å². The minimum Gasteiger partial charge on any atom is -0.459 e. The van der Waals surface area contributed by atoms with E-state index in [2.05, 4.69) is 11.6 Å². The molecule has 7 nitrogen and oxygen atoms in total. The Kier molecular flexibility index (Phi) is 7.31. The molecule has 0 saturated heterocycles. The van der Waals surface area contributed by atoms with Gasteiger partial charge in [-0.1, -0.05) is 66.2 Å². The Balaban J connectivity index is 1.70. The van der Waals surface area contributed by atoms with Gasteiger partial charge in [0.25, 0.3) is 5.91 Å². The lowest BCUT2D eigenvalue weighted by Crippen LogP contribution is -2.31. The van der Waals surface area contributed by atoms with Gasteiger partial charge in [0.2, 0.25) is 15.0 Å². The third-order valence-corrected chi connectivity index (χ3v) is 7.16. The van der Waals surface area contributed by atoms with Crippen LogP contribution in [0.5, 0.6) is 0 Å². The second-order valence-electron chi connectivity index (χ2n) is 8.30. The van der Waals surface area contributed by atoms with Crippen molar-refractivity contribution in [3.05, 3.63) is 120 Å². The molecule has 0 saturated carbocycles. The minimum absolute atomic E-state index is 0.0269. The second kappa shape index (κ2) is 10.6. The molecule has 1 amide bonds. The number of nitrogens with zero attached hydrogens (tertiary/aromatic N) is 3. The number of amides is 1. The average molecular weight is 490 g/mol. The van der Waals surface area contributed by atoms with Gasteiger partial charge in [-0.15, -0.1) is 6.58 Å². The SMILES string of the molecule is C=CCN(Cc1cnc(S(=O)(=O)Cc2ccc(C)cc2)n1Cc1ccccc1)C(=O)c1ccco1. The van der Waals surface area contributed by atoms with Crippen LogP contribution in [0.4, 0.5) is 0 Å². The van der Waals surface area contributed by atoms with Crippen LogP contribution in [-0.2, 0) is 28.7 Å². The van der Waals surface area contributed by atoms with E-state index in [0.29, 0.717) is 17.8 Å². The molecule has 2 aromatic carbocycles. The maximum atomic E-state index is 13.4. The Morgan fingerprint density at radius 3 is 2.46 bits per heavy atom. The summed E-state index contributed by atoms with van der Waals surface area (Å²) in [6, 6.07) is 20.2. The van der Waals surface area contributed by atoms with E-state index in [1.807, 2.05) is 61.5 Å². The molecule has 4 rings (SSSR count). The third kappa shape index (κ3) is 5.78. The number of imidazole rings is 1. The molecule has 0 unspecified atom stereocenters. The highest BCUT2D eigenvalue weighted by Crippen LogP contribution is 2.21. The Hall–Kier alpha value is -3.91. The maximum Gasteiger partial charge on any atom is 0.290 e. The van der Waals surface area contributed by atoms with Crippen molar-refractivity contribution in [2.75, 3.05) is 6.54 Å². The van der Waals surface area contributed by atoms with Gasteiger partial charge in [0.05, 0.1) is 37.0 Å². The molecule has 0 spiro atoms. The van der Waals surface area contributed by atoms with Gasteiger partial charge in [0.1, 0.15) is 0 Å². The second-order valence-corrected chi connectivity index (χ2v) is 10.2. The van der Waals surface area contributed by atoms with Crippen molar-refractivity contribution in [2.45, 2.75) is 30.9 Å². The monoisotopic (exact) mass is 489 g/mol. The Labute approximate surface area is 205 Å². The van der Waals surface area contributed by atoms with Crippen LogP contribution in [0.25, 0.3) is 0 Å². The summed E-state index contributed by atoms with van der Waals surface area (Å²) in [5, 5.41) is -0.0269. The first-order valence-corrected chi connectivity index (χ1v) is 12.8. The van der Waals surface area contributed by atoms with Gasteiger partial charge in [-0.05, 0) is 30.2 Å². The lowest BCUT2D eigenvalue weighted by Gasteiger charge is -2.21. The van der Waals surface area contributed by atoms with Crippen LogP contribution in [-0.4, -0.2) is 35.3 Å². The van der Waals surface area contributed by atoms with E-state index >= 15 is 0 Å². The number of carbonyl (C=O) groups is 1. The fourth-order valence-electron chi connectivity index (χ4n) is 3.80. The summed E-state index contributed by atoms with van der Waals surface area (Å²) >= 11 is 0. The van der Waals surface area contributed by atoms with Crippen LogP contribution >= 0.6 is 0 Å². The zero-order valence-electron chi connectivity index (χ0n) is 19.5. The van der Waals surface area contributed by atoms with Gasteiger partial charge < -0.3 is 13.9 Å². The smallest absolute Gasteiger partial charge is 0.290 e. The topological polar surface area (TPSA) is 85.4 Å². The molecule has 0 aliphatic rings. The van der Waals surface area contributed by atoms with E-state index in [-0.39, 0.29) is 35.7 Å². The van der Waals surface area contributed by atoms with E-state index in [9.17, 15) is 13.2 Å². The van der Waals surface area contributed by atoms with Gasteiger partial charge >= 0.3 is 0 Å². The highest BCUT2D eigenvalue weighted by Gasteiger charge is 2.26. The number of aromatic nitrogens is 2. The van der Waals surface area contributed by atoms with Crippen LogP contribution in [0.3, 0.4) is 0 Å². The average Bonchev–Trinajstić information content (AvgIpc) is 3.52. The first kappa shape index (κ1) is 24.2. The highest BCUT2D eigenvalue weighted by atomic mass is 32.2. The van der Waals surface area contributed by atoms with Crippen LogP contribution < -0.4 is 0 Å². The van der Waals surface area contributed by atoms with E-state index < -0.39 is 9.84 Å². The van der Waals surface area contributed by atoms with Gasteiger partial charge in [0.15, 0.2) is 5.76 Å². The summed E-state index contributed by atoms with van der Waals surface area (Å²) in [6.07, 6.45) is 4.58. The van der Waals surface area contributed by atoms with Crippen LogP contribution in [0.2, 0.25) is 0 Å². The van der Waals surface area contributed by atoms with Crippen molar-refractivity contribution in [1.29, 1.82) is 0 Å². The standard InChI is InChI=1S/C27H27N3O4S/c1-3-15-29(26(31)25-10-7-16-34-25)19-24-17-28-27(30(24)18-22-8-5-4-6-9-22)35(32,33)20-23-13-11-21(2)12-14-23/h3-14,16-17H,1,15,18-20H2,2H3. The zero-order chi connectivity index (χ0) is 24.8. The maximum absolute atomic E-state index is 13.4. The normalized spacial score (nSPS) is 11.3. The third-order valence-electron chi connectivity index (χ3n) is 5.56. The van der Waals surface area contributed by atoms with Crippen molar-refractivity contribution < 1.29 is 17.6 Å². The number of hydrogen-bond acceptors (Lipinski definition) is 5. The van der Waals surface area contributed by atoms with Crippen molar-refractivity contribution in [1.82, 2.24) is 14.5 Å². The molecule has 2 aromatic heterocycles. The van der Waals surface area contributed by atoms with Crippen LogP contribution in [0.15, 0.2) is 101 Å². The fraction of sp³-hybridized carbons (Fsp3) is 0.185. The number of sulfone groups is 1. The largest absolute Gasteiger partial charge is 0.459 e. The molecule has 0 N–H and O–H groups in total. The molecule has 0 aliphatic carbocycles. The molecule has 0 atom stereocenters. The predicted molar refractivity (Wildman–Crippen MR) is 133 cm³/mol. The molecular weight excluding hydrogens is 462 g/mol. The van der Waals surface area contributed by atoms with Gasteiger partial charge in [-0.2, -0.15) is 0 Å². The highest BCUT2D eigenvalue weighted by molar-refractivity contribution is 7.90. The summed E-state index contributed by atoms with van der Waals surface area (Å²) in [7, 11) is -3.76. The molecule has 0 aliphatic heterocycles. The molecule has 35 heavy (non-hydrogen) atoms. The fourth-order valence-corrected chi connectivity index (χ4v) is 5.29. The summed E-state index contributed by atoms with van der Waals surface area (Å²) in [6.45, 7) is 6.42. The lowest BCUT2D eigenvalue weighted by molar-refractivity contribution is 0.0727. The van der Waals surface area contributed by atoms with Crippen LogP contribution in [0, 0.1) is 6.92 Å². The number of aryl methyl sites for hydroxylation is 1. The molecule has 8 heteroatoms. The van der Waals surface area contributed by atoms with Crippen molar-refractivity contribution >= 4 is 15.7 Å². The number of hydrogen-bond donors (Lipinski definition) is 0. The van der Waals surface area contributed by atoms with Crippen molar-refractivity contribution in [2.24, 2.45) is 0 Å². The molecule has 0 radical (unpaired) electrons. The molecule has 4 aromatic rings. The van der Waals surface area contributed by atoms with E-state index in [1.54, 1.807) is 27.7 Å². The number of furan rings is 1.